The molecule has 0 radical (unpaired) electrons. The number of rotatable bonds is 11. The number of ether oxygens (including phenoxy) is 5. The van der Waals surface area contributed by atoms with Crippen LogP contribution >= 0.6 is 0 Å². The smallest absolute Gasteiger partial charge is 0.416 e. The molecule has 212 valence electrons. The monoisotopic (exact) mass is 560 g/mol. The van der Waals surface area contributed by atoms with Crippen molar-refractivity contribution in [3.8, 4) is 40.2 Å². The number of carboxylic acids is 1. The van der Waals surface area contributed by atoms with Crippen molar-refractivity contribution in [3.63, 3.8) is 0 Å². The van der Waals surface area contributed by atoms with Crippen molar-refractivity contribution < 1.29 is 42.8 Å². The minimum atomic E-state index is -1.15. The number of hydrogen-bond donors (Lipinski definition) is 1. The first kappa shape index (κ1) is 27.4. The van der Waals surface area contributed by atoms with E-state index < -0.39 is 18.6 Å². The highest BCUT2D eigenvalue weighted by molar-refractivity contribution is 5.78. The summed E-state index contributed by atoms with van der Waals surface area (Å²) in [6.45, 7) is 1.95. The molecule has 1 N–H and O–H groups in total. The van der Waals surface area contributed by atoms with Crippen molar-refractivity contribution in [2.75, 3.05) is 27.1 Å². The van der Waals surface area contributed by atoms with Crippen molar-refractivity contribution in [2.45, 2.75) is 19.9 Å². The van der Waals surface area contributed by atoms with Gasteiger partial charge in [-0.1, -0.05) is 12.1 Å². The molecule has 0 saturated heterocycles. The van der Waals surface area contributed by atoms with Crippen molar-refractivity contribution in [3.05, 3.63) is 83.7 Å². The zero-order chi connectivity index (χ0) is 28.8. The van der Waals surface area contributed by atoms with Crippen LogP contribution in [0.3, 0.4) is 0 Å². The Morgan fingerprint density at radius 3 is 2.39 bits per heavy atom. The van der Waals surface area contributed by atoms with Gasteiger partial charge in [0, 0.05) is 18.5 Å². The maximum absolute atomic E-state index is 12.7. The summed E-state index contributed by atoms with van der Waals surface area (Å²) in [6.07, 6.45) is -0.244. The number of oxazole rings is 1. The second-order valence-electron chi connectivity index (χ2n) is 9.13. The highest BCUT2D eigenvalue weighted by Crippen LogP contribution is 2.36. The summed E-state index contributed by atoms with van der Waals surface area (Å²) < 4.78 is 33.0. The molecule has 1 aliphatic rings. The number of carbonyl (C=O) groups excluding carboxylic acids is 1. The molecular formula is C30H28N2O9. The SMILES string of the molecule is COc1ccc(OC(=O)N(CC(=O)O)Cc2ccc(OCCc3nc(-c4ccc5c(c4)OCO5)oc3C)cc2)cc1. The topological polar surface area (TPSA) is 130 Å². The summed E-state index contributed by atoms with van der Waals surface area (Å²) >= 11 is 0. The van der Waals surface area contributed by atoms with Gasteiger partial charge < -0.3 is 33.2 Å². The molecule has 0 bridgehead atoms. The lowest BCUT2D eigenvalue weighted by molar-refractivity contribution is -0.138. The number of fused-ring (bicyclic) bond motifs is 1. The number of methoxy groups -OCH3 is 1. The van der Waals surface area contributed by atoms with Gasteiger partial charge in [0.2, 0.25) is 12.7 Å². The molecule has 0 fully saturated rings. The molecule has 1 aromatic heterocycles. The molecule has 11 heteroatoms. The van der Waals surface area contributed by atoms with Crippen LogP contribution < -0.4 is 23.7 Å². The average Bonchev–Trinajstić information content (AvgIpc) is 3.59. The summed E-state index contributed by atoms with van der Waals surface area (Å²) in [6, 6.07) is 19.0. The van der Waals surface area contributed by atoms with E-state index in [0.29, 0.717) is 53.2 Å². The van der Waals surface area contributed by atoms with Gasteiger partial charge >= 0.3 is 12.1 Å². The number of aryl methyl sites for hydroxylation is 1. The Kier molecular flexibility index (Phi) is 8.23. The normalized spacial score (nSPS) is 11.7. The summed E-state index contributed by atoms with van der Waals surface area (Å²) in [5.74, 6) is 2.91. The largest absolute Gasteiger partial charge is 0.497 e. The van der Waals surface area contributed by atoms with Gasteiger partial charge in [-0.05, 0) is 67.1 Å². The minimum absolute atomic E-state index is 0.0440. The van der Waals surface area contributed by atoms with Crippen LogP contribution in [-0.2, 0) is 17.8 Å². The van der Waals surface area contributed by atoms with Gasteiger partial charge in [-0.3, -0.25) is 9.69 Å². The average molecular weight is 561 g/mol. The lowest BCUT2D eigenvalue weighted by atomic mass is 10.2. The minimum Gasteiger partial charge on any atom is -0.497 e. The second-order valence-corrected chi connectivity index (χ2v) is 9.13. The zero-order valence-electron chi connectivity index (χ0n) is 22.5. The van der Waals surface area contributed by atoms with Crippen LogP contribution in [-0.4, -0.2) is 54.1 Å². The highest BCUT2D eigenvalue weighted by Gasteiger charge is 2.20. The Labute approximate surface area is 235 Å². The van der Waals surface area contributed by atoms with E-state index in [4.69, 9.17) is 28.1 Å². The molecule has 2 heterocycles. The van der Waals surface area contributed by atoms with Crippen molar-refractivity contribution in [1.82, 2.24) is 9.88 Å². The predicted molar refractivity (Wildman–Crippen MR) is 146 cm³/mol. The zero-order valence-corrected chi connectivity index (χ0v) is 22.5. The number of benzene rings is 3. The molecule has 0 aliphatic carbocycles. The van der Waals surface area contributed by atoms with Crippen LogP contribution in [0.4, 0.5) is 4.79 Å². The standard InChI is InChI=1S/C30H28N2O9/c1-19-25(31-29(40-19)21-5-12-26-27(15-21)39-18-38-26)13-14-37-23-6-3-20(4-7-23)16-32(17-28(33)34)30(35)41-24-10-8-22(36-2)9-11-24/h3-12,15H,13-14,16-18H2,1-2H3,(H,33,34). The van der Waals surface area contributed by atoms with Gasteiger partial charge in [-0.25, -0.2) is 9.78 Å². The molecule has 0 saturated carbocycles. The van der Waals surface area contributed by atoms with Crippen molar-refractivity contribution in [1.29, 1.82) is 0 Å². The molecule has 1 amide bonds. The fourth-order valence-electron chi connectivity index (χ4n) is 4.15. The van der Waals surface area contributed by atoms with Gasteiger partial charge in [0.05, 0.1) is 19.4 Å². The van der Waals surface area contributed by atoms with Gasteiger partial charge in [0.15, 0.2) is 11.5 Å². The van der Waals surface area contributed by atoms with Crippen molar-refractivity contribution >= 4 is 12.1 Å². The summed E-state index contributed by atoms with van der Waals surface area (Å²) in [4.78, 5) is 29.8. The molecular weight excluding hydrogens is 532 g/mol. The number of hydrogen-bond acceptors (Lipinski definition) is 9. The van der Waals surface area contributed by atoms with E-state index in [1.165, 1.54) is 7.11 Å². The third-order valence-corrected chi connectivity index (χ3v) is 6.27. The summed E-state index contributed by atoms with van der Waals surface area (Å²) in [7, 11) is 1.53. The molecule has 3 aromatic carbocycles. The first-order chi connectivity index (χ1) is 19.9. The fraction of sp³-hybridized carbons (Fsp3) is 0.233. The lowest BCUT2D eigenvalue weighted by Crippen LogP contribution is -2.37. The third-order valence-electron chi connectivity index (χ3n) is 6.27. The number of carboxylic acid groups (broad SMARTS) is 1. The highest BCUT2D eigenvalue weighted by atomic mass is 16.7. The van der Waals surface area contributed by atoms with E-state index >= 15 is 0 Å². The quantitative estimate of drug-likeness (QED) is 0.265. The van der Waals surface area contributed by atoms with Crippen LogP contribution in [0.2, 0.25) is 0 Å². The Balaban J connectivity index is 1.15. The first-order valence-corrected chi connectivity index (χ1v) is 12.8. The number of aliphatic carboxylic acids is 1. The number of amides is 1. The van der Waals surface area contributed by atoms with Crippen LogP contribution in [0.15, 0.2) is 71.1 Å². The van der Waals surface area contributed by atoms with Gasteiger partial charge in [-0.2, -0.15) is 0 Å². The van der Waals surface area contributed by atoms with E-state index in [2.05, 4.69) is 4.98 Å². The molecule has 0 unspecified atom stereocenters. The van der Waals surface area contributed by atoms with Gasteiger partial charge in [-0.15, -0.1) is 0 Å². The Hall–Kier alpha value is -5.19. The summed E-state index contributed by atoms with van der Waals surface area (Å²) in [5.41, 5.74) is 2.30. The maximum Gasteiger partial charge on any atom is 0.416 e. The van der Waals surface area contributed by atoms with E-state index in [-0.39, 0.29) is 19.1 Å². The Bertz CT molecular complexity index is 1510. The second kappa shape index (κ2) is 12.3. The summed E-state index contributed by atoms with van der Waals surface area (Å²) in [5, 5.41) is 9.29. The van der Waals surface area contributed by atoms with Crippen LogP contribution in [0.1, 0.15) is 17.0 Å². The van der Waals surface area contributed by atoms with Crippen LogP contribution in [0.5, 0.6) is 28.7 Å². The van der Waals surface area contributed by atoms with E-state index in [1.807, 2.05) is 25.1 Å². The predicted octanol–water partition coefficient (Wildman–Crippen LogP) is 5.09. The lowest BCUT2D eigenvalue weighted by Gasteiger charge is -2.20. The number of carbonyl (C=O) groups is 2. The van der Waals surface area contributed by atoms with Gasteiger partial charge in [0.25, 0.3) is 0 Å². The first-order valence-electron chi connectivity index (χ1n) is 12.8. The van der Waals surface area contributed by atoms with Crippen LogP contribution in [0, 0.1) is 6.92 Å². The fourth-order valence-corrected chi connectivity index (χ4v) is 4.15. The molecule has 5 rings (SSSR count). The number of nitrogens with zero attached hydrogens (tertiary/aromatic N) is 2. The van der Waals surface area contributed by atoms with Gasteiger partial charge in [0.1, 0.15) is 29.6 Å². The molecule has 0 atom stereocenters. The Morgan fingerprint density at radius 2 is 1.66 bits per heavy atom. The number of aromatic nitrogens is 1. The van der Waals surface area contributed by atoms with E-state index in [1.54, 1.807) is 48.5 Å². The molecule has 4 aromatic rings. The van der Waals surface area contributed by atoms with E-state index in [9.17, 15) is 14.7 Å². The molecule has 0 spiro atoms. The third kappa shape index (κ3) is 6.88. The van der Waals surface area contributed by atoms with Crippen molar-refractivity contribution in [2.24, 2.45) is 0 Å². The molecule has 11 nitrogen and oxygen atoms in total. The van der Waals surface area contributed by atoms with E-state index in [0.717, 1.165) is 16.2 Å². The molecule has 1 aliphatic heterocycles. The maximum atomic E-state index is 12.7. The molecule has 41 heavy (non-hydrogen) atoms. The van der Waals surface area contributed by atoms with Crippen LogP contribution in [0.25, 0.3) is 11.5 Å². The Morgan fingerprint density at radius 1 is 0.951 bits per heavy atom.